The molecule has 1 heterocycles. The Bertz CT molecular complexity index is 192. The topological polar surface area (TPSA) is 49.9 Å². The van der Waals surface area contributed by atoms with Crippen molar-refractivity contribution in [1.82, 2.24) is 0 Å². The first-order valence-corrected chi connectivity index (χ1v) is 5.66. The second kappa shape index (κ2) is 4.84. The van der Waals surface area contributed by atoms with E-state index in [0.717, 1.165) is 32.0 Å². The molecule has 0 aromatic rings. The van der Waals surface area contributed by atoms with Crippen molar-refractivity contribution in [3.63, 3.8) is 0 Å². The number of hydrogen-bond donors (Lipinski definition) is 2. The van der Waals surface area contributed by atoms with Crippen LogP contribution in [0.25, 0.3) is 0 Å². The lowest BCUT2D eigenvalue weighted by Gasteiger charge is -2.26. The van der Waals surface area contributed by atoms with Crippen molar-refractivity contribution in [2.45, 2.75) is 25.3 Å². The normalized spacial score (nSPS) is 34.6. The molecule has 2 atom stereocenters. The van der Waals surface area contributed by atoms with E-state index in [-0.39, 0.29) is 0 Å². The average molecular weight is 198 g/mol. The Morgan fingerprint density at radius 2 is 2.07 bits per heavy atom. The predicted molar refractivity (Wildman–Crippen MR) is 52.7 cm³/mol. The maximum atomic E-state index is 7.01. The third kappa shape index (κ3) is 2.51. The molecule has 80 valence electrons. The lowest BCUT2D eigenvalue weighted by molar-refractivity contribution is -0.911. The fourth-order valence-corrected chi connectivity index (χ4v) is 2.62. The maximum Gasteiger partial charge on any atom is 0.101 e. The zero-order valence-electron chi connectivity index (χ0n) is 8.67. The molecule has 1 saturated heterocycles. The van der Waals surface area contributed by atoms with Crippen molar-refractivity contribution in [2.24, 2.45) is 11.0 Å². The largest absolute Gasteiger partial charge is 0.370 e. The van der Waals surface area contributed by atoms with Crippen molar-refractivity contribution >= 4 is 0 Å². The summed E-state index contributed by atoms with van der Waals surface area (Å²) in [5.41, 5.74) is 7.01. The van der Waals surface area contributed by atoms with Gasteiger partial charge in [0.1, 0.15) is 13.1 Å². The van der Waals surface area contributed by atoms with Crippen LogP contribution in [-0.2, 0) is 4.74 Å². The van der Waals surface area contributed by atoms with Crippen molar-refractivity contribution in [1.29, 1.82) is 5.53 Å². The van der Waals surface area contributed by atoms with E-state index in [9.17, 15) is 0 Å². The summed E-state index contributed by atoms with van der Waals surface area (Å²) < 4.78 is 5.34. The highest BCUT2D eigenvalue weighted by atomic mass is 16.5. The van der Waals surface area contributed by atoms with Crippen LogP contribution < -0.4 is 4.90 Å². The number of hydrogen-bond acceptors (Lipinski definition) is 3. The second-order valence-electron chi connectivity index (χ2n) is 4.53. The molecule has 2 rings (SSSR count). The molecule has 0 aromatic heterocycles. The van der Waals surface area contributed by atoms with Crippen LogP contribution in [0.4, 0.5) is 0 Å². The van der Waals surface area contributed by atoms with Gasteiger partial charge < -0.3 is 9.64 Å². The standard InChI is InChI=1S/C10H19N3O/c11-12-10-2-1-9(7-10)8-13-3-5-14-6-4-13/h9-11H,1-8H2/p+1. The first-order chi connectivity index (χ1) is 6.88. The van der Waals surface area contributed by atoms with Gasteiger partial charge >= 0.3 is 0 Å². The third-order valence-corrected chi connectivity index (χ3v) is 3.47. The molecule has 4 nitrogen and oxygen atoms in total. The highest BCUT2D eigenvalue weighted by Gasteiger charge is 2.28. The maximum absolute atomic E-state index is 7.01. The summed E-state index contributed by atoms with van der Waals surface area (Å²) >= 11 is 0. The van der Waals surface area contributed by atoms with Gasteiger partial charge in [0.25, 0.3) is 0 Å². The van der Waals surface area contributed by atoms with Gasteiger partial charge in [-0.3, -0.25) is 0 Å². The number of morpholine rings is 1. The van der Waals surface area contributed by atoms with E-state index < -0.39 is 0 Å². The van der Waals surface area contributed by atoms with Crippen molar-refractivity contribution in [3.05, 3.63) is 0 Å². The molecule has 14 heavy (non-hydrogen) atoms. The number of nitrogens with one attached hydrogen (secondary N) is 2. The summed E-state index contributed by atoms with van der Waals surface area (Å²) in [7, 11) is 0. The fraction of sp³-hybridized carbons (Fsp3) is 1.00. The van der Waals surface area contributed by atoms with Gasteiger partial charge in [-0.1, -0.05) is 0 Å². The van der Waals surface area contributed by atoms with Crippen LogP contribution in [0, 0.1) is 11.4 Å². The molecule has 0 aromatic carbocycles. The second-order valence-corrected chi connectivity index (χ2v) is 4.53. The van der Waals surface area contributed by atoms with Gasteiger partial charge in [-0.2, -0.15) is 5.11 Å². The van der Waals surface area contributed by atoms with Gasteiger partial charge in [0.2, 0.25) is 0 Å². The first-order valence-electron chi connectivity index (χ1n) is 5.66. The van der Waals surface area contributed by atoms with E-state index >= 15 is 0 Å². The molecule has 2 fully saturated rings. The fourth-order valence-electron chi connectivity index (χ4n) is 2.62. The van der Waals surface area contributed by atoms with E-state index in [1.807, 2.05) is 0 Å². The minimum atomic E-state index is 0.334. The molecular formula is C10H20N3O+. The van der Waals surface area contributed by atoms with E-state index in [4.69, 9.17) is 10.3 Å². The summed E-state index contributed by atoms with van der Waals surface area (Å²) in [5.74, 6) is 0.808. The zero-order valence-corrected chi connectivity index (χ0v) is 8.67. The van der Waals surface area contributed by atoms with E-state index in [2.05, 4.69) is 5.11 Å². The van der Waals surface area contributed by atoms with Gasteiger partial charge in [0.15, 0.2) is 0 Å². The minimum absolute atomic E-state index is 0.334. The highest BCUT2D eigenvalue weighted by Crippen LogP contribution is 2.26. The number of nitrogens with zero attached hydrogens (tertiary/aromatic N) is 1. The Balaban J connectivity index is 1.72. The van der Waals surface area contributed by atoms with Gasteiger partial charge in [-0.25, -0.2) is 5.53 Å². The SMILES string of the molecule is N=NC1CCC(C[NH+]2CCOCC2)C1. The summed E-state index contributed by atoms with van der Waals surface area (Å²) in [4.78, 5) is 1.69. The molecule has 0 amide bonds. The molecule has 0 radical (unpaired) electrons. The molecule has 0 spiro atoms. The van der Waals surface area contributed by atoms with Crippen LogP contribution in [0.2, 0.25) is 0 Å². The summed E-state index contributed by atoms with van der Waals surface area (Å²) in [6.45, 7) is 5.45. The Kier molecular flexibility index (Phi) is 3.48. The van der Waals surface area contributed by atoms with Gasteiger partial charge in [0, 0.05) is 5.92 Å². The zero-order chi connectivity index (χ0) is 9.80. The Morgan fingerprint density at radius 3 is 2.71 bits per heavy atom. The van der Waals surface area contributed by atoms with Crippen LogP contribution in [0.3, 0.4) is 0 Å². The molecule has 1 aliphatic heterocycles. The van der Waals surface area contributed by atoms with E-state index in [1.54, 1.807) is 4.90 Å². The Morgan fingerprint density at radius 1 is 1.29 bits per heavy atom. The summed E-state index contributed by atoms with van der Waals surface area (Å²) in [6.07, 6.45) is 3.56. The smallest absolute Gasteiger partial charge is 0.101 e. The molecule has 2 unspecified atom stereocenters. The molecule has 1 aliphatic carbocycles. The highest BCUT2D eigenvalue weighted by molar-refractivity contribution is 4.78. The third-order valence-electron chi connectivity index (χ3n) is 3.47. The van der Waals surface area contributed by atoms with Crippen molar-refractivity contribution in [3.8, 4) is 0 Å². The summed E-state index contributed by atoms with van der Waals surface area (Å²) in [6, 6.07) is 0.334. The lowest BCUT2D eigenvalue weighted by Crippen LogP contribution is -3.14. The summed E-state index contributed by atoms with van der Waals surface area (Å²) in [5, 5.41) is 3.65. The quantitative estimate of drug-likeness (QED) is 0.621. The molecular weight excluding hydrogens is 178 g/mol. The molecule has 0 bridgehead atoms. The van der Waals surface area contributed by atoms with Crippen molar-refractivity contribution < 1.29 is 9.64 Å². The van der Waals surface area contributed by atoms with E-state index in [1.165, 1.54) is 26.1 Å². The van der Waals surface area contributed by atoms with Crippen LogP contribution in [0.1, 0.15) is 19.3 Å². The van der Waals surface area contributed by atoms with Gasteiger partial charge in [0.05, 0.1) is 25.8 Å². The number of quaternary nitrogens is 1. The minimum Gasteiger partial charge on any atom is -0.370 e. The van der Waals surface area contributed by atoms with Crippen molar-refractivity contribution in [2.75, 3.05) is 32.8 Å². The van der Waals surface area contributed by atoms with Crippen LogP contribution in [-0.4, -0.2) is 38.9 Å². The predicted octanol–water partition coefficient (Wildman–Crippen LogP) is 0.101. The Labute approximate surface area is 85.1 Å². The van der Waals surface area contributed by atoms with E-state index in [0.29, 0.717) is 6.04 Å². The molecule has 2 N–H and O–H groups in total. The Hall–Kier alpha value is -0.480. The first kappa shape index (κ1) is 10.1. The molecule has 1 saturated carbocycles. The molecule has 4 heteroatoms. The number of ether oxygens (including phenoxy) is 1. The van der Waals surface area contributed by atoms with Gasteiger partial charge in [-0.05, 0) is 19.3 Å². The average Bonchev–Trinajstić information content (AvgIpc) is 2.67. The van der Waals surface area contributed by atoms with Gasteiger partial charge in [-0.15, -0.1) is 0 Å². The molecule has 2 aliphatic rings. The van der Waals surface area contributed by atoms with Crippen LogP contribution in [0.15, 0.2) is 5.11 Å². The number of rotatable bonds is 3. The van der Waals surface area contributed by atoms with Crippen LogP contribution >= 0.6 is 0 Å². The monoisotopic (exact) mass is 198 g/mol. The lowest BCUT2D eigenvalue weighted by atomic mass is 10.1. The van der Waals surface area contributed by atoms with Crippen LogP contribution in [0.5, 0.6) is 0 Å².